The molecule has 2 saturated heterocycles. The molecule has 0 bridgehead atoms. The predicted molar refractivity (Wildman–Crippen MR) is 78.1 cm³/mol. The third kappa shape index (κ3) is 3.93. The van der Waals surface area contributed by atoms with Gasteiger partial charge in [0.05, 0.1) is 6.04 Å². The number of carbonyl (C=O) groups excluding carboxylic acids is 1. The van der Waals surface area contributed by atoms with Gasteiger partial charge in [-0.05, 0) is 58.2 Å². The Hall–Kier alpha value is -0.610. The number of carbonyl (C=O) groups is 1. The molecule has 4 nitrogen and oxygen atoms in total. The summed E-state index contributed by atoms with van der Waals surface area (Å²) in [6.07, 6.45) is 4.89. The minimum Gasteiger partial charge on any atom is -0.341 e. The molecule has 2 atom stereocenters. The Morgan fingerprint density at radius 2 is 2.00 bits per heavy atom. The lowest BCUT2D eigenvalue weighted by Crippen LogP contribution is -2.50. The van der Waals surface area contributed by atoms with Crippen molar-refractivity contribution in [3.05, 3.63) is 0 Å². The quantitative estimate of drug-likeness (QED) is 0.816. The highest BCUT2D eigenvalue weighted by molar-refractivity contribution is 5.81. The number of nitrogens with one attached hydrogen (secondary N) is 1. The summed E-state index contributed by atoms with van der Waals surface area (Å²) in [6, 6.07) is 0.0718. The van der Waals surface area contributed by atoms with E-state index in [4.69, 9.17) is 0 Å². The summed E-state index contributed by atoms with van der Waals surface area (Å²) in [5.41, 5.74) is 0. The van der Waals surface area contributed by atoms with Crippen molar-refractivity contribution in [2.24, 2.45) is 5.92 Å². The fourth-order valence-electron chi connectivity index (χ4n) is 3.32. The average Bonchev–Trinajstić information content (AvgIpc) is 2.98. The van der Waals surface area contributed by atoms with Gasteiger partial charge in [-0.25, -0.2) is 0 Å². The van der Waals surface area contributed by atoms with E-state index in [2.05, 4.69) is 29.0 Å². The van der Waals surface area contributed by atoms with Crippen LogP contribution in [0.15, 0.2) is 0 Å². The summed E-state index contributed by atoms with van der Waals surface area (Å²) in [5, 5.41) is 3.44. The third-order valence-corrected chi connectivity index (χ3v) is 4.56. The molecule has 0 aromatic heterocycles. The second-order valence-electron chi connectivity index (χ2n) is 6.02. The van der Waals surface area contributed by atoms with Crippen LogP contribution in [0.5, 0.6) is 0 Å². The summed E-state index contributed by atoms with van der Waals surface area (Å²) in [6.45, 7) is 10.5. The van der Waals surface area contributed by atoms with E-state index in [9.17, 15) is 4.79 Å². The number of likely N-dealkylation sites (tertiary alicyclic amines) is 2. The molecule has 110 valence electrons. The van der Waals surface area contributed by atoms with Gasteiger partial charge in [0.25, 0.3) is 0 Å². The maximum Gasteiger partial charge on any atom is 0.239 e. The van der Waals surface area contributed by atoms with Crippen LogP contribution < -0.4 is 5.32 Å². The lowest BCUT2D eigenvalue weighted by molar-refractivity contribution is -0.136. The predicted octanol–water partition coefficient (Wildman–Crippen LogP) is 1.32. The number of hydrogen-bond donors (Lipinski definition) is 1. The molecule has 2 fully saturated rings. The summed E-state index contributed by atoms with van der Waals surface area (Å²) >= 11 is 0. The molecule has 2 aliphatic heterocycles. The summed E-state index contributed by atoms with van der Waals surface area (Å²) in [5.74, 6) is 1.06. The Kier molecular flexibility index (Phi) is 5.64. The molecule has 0 saturated carbocycles. The minimum absolute atomic E-state index is 0.0718. The Bertz CT molecular complexity index is 289. The summed E-state index contributed by atoms with van der Waals surface area (Å²) in [4.78, 5) is 16.9. The van der Waals surface area contributed by atoms with Crippen LogP contribution in [-0.2, 0) is 4.79 Å². The summed E-state index contributed by atoms with van der Waals surface area (Å²) < 4.78 is 0. The van der Waals surface area contributed by atoms with Crippen LogP contribution in [0.25, 0.3) is 0 Å². The van der Waals surface area contributed by atoms with Crippen LogP contribution in [0.3, 0.4) is 0 Å². The first-order valence-corrected chi connectivity index (χ1v) is 7.96. The van der Waals surface area contributed by atoms with E-state index in [1.165, 1.54) is 25.7 Å². The maximum absolute atomic E-state index is 12.4. The van der Waals surface area contributed by atoms with Crippen molar-refractivity contribution in [3.63, 3.8) is 0 Å². The van der Waals surface area contributed by atoms with Gasteiger partial charge in [-0.3, -0.25) is 9.69 Å². The van der Waals surface area contributed by atoms with E-state index in [0.717, 1.165) is 39.3 Å². The van der Waals surface area contributed by atoms with E-state index in [1.807, 2.05) is 0 Å². The first-order chi connectivity index (χ1) is 9.22. The second-order valence-corrected chi connectivity index (χ2v) is 6.02. The zero-order valence-corrected chi connectivity index (χ0v) is 12.5. The molecule has 1 N–H and O–H groups in total. The van der Waals surface area contributed by atoms with E-state index >= 15 is 0 Å². The van der Waals surface area contributed by atoms with Gasteiger partial charge < -0.3 is 10.2 Å². The van der Waals surface area contributed by atoms with Crippen LogP contribution in [0.2, 0.25) is 0 Å². The third-order valence-electron chi connectivity index (χ3n) is 4.56. The van der Waals surface area contributed by atoms with E-state index in [-0.39, 0.29) is 6.04 Å². The Morgan fingerprint density at radius 3 is 2.68 bits per heavy atom. The molecule has 0 aromatic carbocycles. The van der Waals surface area contributed by atoms with Crippen molar-refractivity contribution in [1.82, 2.24) is 15.1 Å². The molecular formula is C15H29N3O. The fraction of sp³-hybridized carbons (Fsp3) is 0.933. The van der Waals surface area contributed by atoms with E-state index in [1.54, 1.807) is 0 Å². The lowest BCUT2D eigenvalue weighted by atomic mass is 9.96. The maximum atomic E-state index is 12.4. The summed E-state index contributed by atoms with van der Waals surface area (Å²) in [7, 11) is 0. The normalized spacial score (nSPS) is 26.6. The highest BCUT2D eigenvalue weighted by Gasteiger charge is 2.30. The molecule has 2 unspecified atom stereocenters. The Labute approximate surface area is 117 Å². The van der Waals surface area contributed by atoms with Crippen LogP contribution in [-0.4, -0.2) is 61.0 Å². The van der Waals surface area contributed by atoms with Crippen molar-refractivity contribution < 1.29 is 4.79 Å². The fourth-order valence-corrected chi connectivity index (χ4v) is 3.32. The zero-order valence-electron chi connectivity index (χ0n) is 12.5. The van der Waals surface area contributed by atoms with E-state index < -0.39 is 0 Å². The van der Waals surface area contributed by atoms with Gasteiger partial charge in [-0.15, -0.1) is 0 Å². The van der Waals surface area contributed by atoms with Gasteiger partial charge in [-0.1, -0.05) is 6.92 Å². The van der Waals surface area contributed by atoms with Crippen molar-refractivity contribution in [2.45, 2.75) is 45.6 Å². The molecule has 19 heavy (non-hydrogen) atoms. The van der Waals surface area contributed by atoms with Crippen molar-refractivity contribution in [3.8, 4) is 0 Å². The van der Waals surface area contributed by atoms with Crippen molar-refractivity contribution in [1.29, 1.82) is 0 Å². The molecular weight excluding hydrogens is 238 g/mol. The van der Waals surface area contributed by atoms with Gasteiger partial charge in [0, 0.05) is 19.6 Å². The lowest BCUT2D eigenvalue weighted by Gasteiger charge is -2.37. The van der Waals surface area contributed by atoms with Gasteiger partial charge in [-0.2, -0.15) is 0 Å². The molecule has 0 aromatic rings. The van der Waals surface area contributed by atoms with Crippen molar-refractivity contribution >= 4 is 5.91 Å². The molecule has 4 heteroatoms. The SMILES string of the molecule is CCNCC1CCCN(C(C)C(=O)N2CCCC2)C1. The van der Waals surface area contributed by atoms with Crippen LogP contribution in [0, 0.1) is 5.92 Å². The van der Waals surface area contributed by atoms with Gasteiger partial charge in [0.2, 0.25) is 5.91 Å². The van der Waals surface area contributed by atoms with Gasteiger partial charge in [0.15, 0.2) is 0 Å². The topological polar surface area (TPSA) is 35.6 Å². The van der Waals surface area contributed by atoms with Crippen LogP contribution >= 0.6 is 0 Å². The number of rotatable bonds is 5. The highest BCUT2D eigenvalue weighted by atomic mass is 16.2. The van der Waals surface area contributed by atoms with Gasteiger partial charge in [0.1, 0.15) is 0 Å². The Morgan fingerprint density at radius 1 is 1.26 bits per heavy atom. The minimum atomic E-state index is 0.0718. The number of piperidine rings is 1. The van der Waals surface area contributed by atoms with Crippen LogP contribution in [0.1, 0.15) is 39.5 Å². The molecule has 2 heterocycles. The largest absolute Gasteiger partial charge is 0.341 e. The zero-order chi connectivity index (χ0) is 13.7. The number of nitrogens with zero attached hydrogens (tertiary/aromatic N) is 2. The highest BCUT2D eigenvalue weighted by Crippen LogP contribution is 2.20. The molecule has 1 amide bonds. The van der Waals surface area contributed by atoms with Gasteiger partial charge >= 0.3 is 0 Å². The molecule has 0 spiro atoms. The standard InChI is InChI=1S/C15H29N3O/c1-3-16-11-14-7-6-10-18(12-14)13(2)15(19)17-8-4-5-9-17/h13-14,16H,3-12H2,1-2H3. The molecule has 0 aliphatic carbocycles. The molecule has 2 rings (SSSR count). The smallest absolute Gasteiger partial charge is 0.239 e. The Balaban J connectivity index is 1.83. The monoisotopic (exact) mass is 267 g/mol. The average molecular weight is 267 g/mol. The van der Waals surface area contributed by atoms with Crippen LogP contribution in [0.4, 0.5) is 0 Å². The van der Waals surface area contributed by atoms with E-state index in [0.29, 0.717) is 11.8 Å². The molecule has 2 aliphatic rings. The second kappa shape index (κ2) is 7.25. The first-order valence-electron chi connectivity index (χ1n) is 7.96. The molecule has 0 radical (unpaired) electrons. The number of hydrogen-bond acceptors (Lipinski definition) is 3. The number of amides is 1. The van der Waals surface area contributed by atoms with Crippen molar-refractivity contribution in [2.75, 3.05) is 39.3 Å². The first kappa shape index (κ1) is 14.8.